The highest BCUT2D eigenvalue weighted by Crippen LogP contribution is 2.15. The molecule has 82 valence electrons. The van der Waals surface area contributed by atoms with E-state index in [1.54, 1.807) is 0 Å². The molecule has 0 aromatic rings. The standard InChI is InChI=1S/C10H22N4/c1-11-14-4-3-10(9-14)13-7-5-12(2)6-8-13/h10-11H,3-9H2,1-2H3. The smallest absolute Gasteiger partial charge is 0.0287 e. The van der Waals surface area contributed by atoms with Gasteiger partial charge in [0.2, 0.25) is 0 Å². The molecule has 0 radical (unpaired) electrons. The van der Waals surface area contributed by atoms with Gasteiger partial charge in [0.15, 0.2) is 0 Å². The second kappa shape index (κ2) is 4.57. The van der Waals surface area contributed by atoms with Gasteiger partial charge in [0, 0.05) is 45.3 Å². The maximum atomic E-state index is 3.24. The number of likely N-dealkylation sites (N-methyl/N-ethyl adjacent to an activating group) is 1. The highest BCUT2D eigenvalue weighted by molar-refractivity contribution is 4.84. The number of hydrazine groups is 1. The highest BCUT2D eigenvalue weighted by atomic mass is 15.5. The van der Waals surface area contributed by atoms with Gasteiger partial charge in [-0.05, 0) is 20.5 Å². The summed E-state index contributed by atoms with van der Waals surface area (Å²) >= 11 is 0. The number of nitrogens with one attached hydrogen (secondary N) is 1. The Morgan fingerprint density at radius 1 is 1.07 bits per heavy atom. The number of nitrogens with zero attached hydrogens (tertiary/aromatic N) is 3. The highest BCUT2D eigenvalue weighted by Gasteiger charge is 2.28. The molecule has 1 N–H and O–H groups in total. The zero-order valence-corrected chi connectivity index (χ0v) is 9.37. The number of hydrogen-bond donors (Lipinski definition) is 1. The molecule has 1 unspecified atom stereocenters. The van der Waals surface area contributed by atoms with Gasteiger partial charge in [0.05, 0.1) is 0 Å². The van der Waals surface area contributed by atoms with Gasteiger partial charge in [-0.15, -0.1) is 0 Å². The molecule has 0 spiro atoms. The molecule has 2 aliphatic heterocycles. The van der Waals surface area contributed by atoms with Gasteiger partial charge in [0.25, 0.3) is 0 Å². The Morgan fingerprint density at radius 2 is 1.79 bits per heavy atom. The molecule has 0 aliphatic carbocycles. The van der Waals surface area contributed by atoms with E-state index in [1.165, 1.54) is 45.7 Å². The third-order valence-corrected chi connectivity index (χ3v) is 3.53. The van der Waals surface area contributed by atoms with Crippen LogP contribution in [0.1, 0.15) is 6.42 Å². The monoisotopic (exact) mass is 198 g/mol. The first kappa shape index (κ1) is 10.4. The van der Waals surface area contributed by atoms with E-state index < -0.39 is 0 Å². The fraction of sp³-hybridized carbons (Fsp3) is 1.00. The van der Waals surface area contributed by atoms with E-state index in [2.05, 4.69) is 27.3 Å². The van der Waals surface area contributed by atoms with Crippen molar-refractivity contribution in [1.29, 1.82) is 0 Å². The first-order valence-corrected chi connectivity index (χ1v) is 5.64. The summed E-state index contributed by atoms with van der Waals surface area (Å²) in [5, 5.41) is 2.32. The maximum Gasteiger partial charge on any atom is 0.0287 e. The molecular formula is C10H22N4. The van der Waals surface area contributed by atoms with Crippen molar-refractivity contribution in [3.8, 4) is 0 Å². The lowest BCUT2D eigenvalue weighted by atomic mass is 10.2. The molecule has 0 aromatic heterocycles. The summed E-state index contributed by atoms with van der Waals surface area (Å²) < 4.78 is 0. The van der Waals surface area contributed by atoms with Crippen LogP contribution in [0.2, 0.25) is 0 Å². The fourth-order valence-corrected chi connectivity index (χ4v) is 2.43. The van der Waals surface area contributed by atoms with E-state index in [9.17, 15) is 0 Å². The Balaban J connectivity index is 1.79. The minimum Gasteiger partial charge on any atom is -0.304 e. The molecule has 2 fully saturated rings. The molecule has 2 aliphatic rings. The quantitative estimate of drug-likeness (QED) is 0.642. The predicted molar refractivity (Wildman–Crippen MR) is 58.1 cm³/mol. The van der Waals surface area contributed by atoms with Crippen LogP contribution in [0.25, 0.3) is 0 Å². The van der Waals surface area contributed by atoms with Crippen LogP contribution in [0.15, 0.2) is 0 Å². The molecule has 4 nitrogen and oxygen atoms in total. The van der Waals surface area contributed by atoms with Gasteiger partial charge in [-0.2, -0.15) is 0 Å². The minimum absolute atomic E-state index is 0.788. The van der Waals surface area contributed by atoms with Crippen LogP contribution in [0.3, 0.4) is 0 Å². The van der Waals surface area contributed by atoms with Crippen LogP contribution in [0, 0.1) is 0 Å². The molecule has 4 heteroatoms. The Labute approximate surface area is 86.8 Å². The van der Waals surface area contributed by atoms with Crippen molar-refractivity contribution < 1.29 is 0 Å². The van der Waals surface area contributed by atoms with Crippen LogP contribution in [0.4, 0.5) is 0 Å². The molecule has 2 rings (SSSR count). The lowest BCUT2D eigenvalue weighted by Crippen LogP contribution is -2.50. The van der Waals surface area contributed by atoms with Crippen molar-refractivity contribution >= 4 is 0 Å². The van der Waals surface area contributed by atoms with E-state index in [0.717, 1.165) is 6.04 Å². The first-order chi connectivity index (χ1) is 6.79. The molecule has 2 saturated heterocycles. The van der Waals surface area contributed by atoms with Gasteiger partial charge in [-0.1, -0.05) is 0 Å². The van der Waals surface area contributed by atoms with E-state index in [-0.39, 0.29) is 0 Å². The molecular weight excluding hydrogens is 176 g/mol. The van der Waals surface area contributed by atoms with Gasteiger partial charge >= 0.3 is 0 Å². The van der Waals surface area contributed by atoms with Crippen LogP contribution in [-0.2, 0) is 0 Å². The SMILES string of the molecule is CNN1CCC(N2CCN(C)CC2)C1. The molecule has 0 bridgehead atoms. The number of hydrogen-bond acceptors (Lipinski definition) is 4. The molecule has 2 heterocycles. The van der Waals surface area contributed by atoms with Crippen molar-refractivity contribution in [3.05, 3.63) is 0 Å². The number of piperazine rings is 1. The fourth-order valence-electron chi connectivity index (χ4n) is 2.43. The second-order valence-electron chi connectivity index (χ2n) is 4.45. The maximum absolute atomic E-state index is 3.24. The van der Waals surface area contributed by atoms with Gasteiger partial charge in [-0.25, -0.2) is 5.01 Å². The number of rotatable bonds is 2. The van der Waals surface area contributed by atoms with Crippen LogP contribution in [-0.4, -0.2) is 74.2 Å². The van der Waals surface area contributed by atoms with Gasteiger partial charge < -0.3 is 4.90 Å². The third kappa shape index (κ3) is 2.25. The summed E-state index contributed by atoms with van der Waals surface area (Å²) in [4.78, 5) is 5.07. The van der Waals surface area contributed by atoms with Crippen molar-refractivity contribution in [3.63, 3.8) is 0 Å². The largest absolute Gasteiger partial charge is 0.304 e. The van der Waals surface area contributed by atoms with Crippen molar-refractivity contribution in [2.75, 3.05) is 53.4 Å². The average Bonchev–Trinajstić information content (AvgIpc) is 2.67. The second-order valence-corrected chi connectivity index (χ2v) is 4.45. The van der Waals surface area contributed by atoms with E-state index in [0.29, 0.717) is 0 Å². The average molecular weight is 198 g/mol. The van der Waals surface area contributed by atoms with E-state index in [1.807, 2.05) is 7.05 Å². The van der Waals surface area contributed by atoms with Gasteiger partial charge in [-0.3, -0.25) is 10.3 Å². The van der Waals surface area contributed by atoms with E-state index in [4.69, 9.17) is 0 Å². The van der Waals surface area contributed by atoms with Crippen molar-refractivity contribution in [2.24, 2.45) is 0 Å². The normalized spacial score (nSPS) is 32.6. The Bertz CT molecular complexity index is 177. The lowest BCUT2D eigenvalue weighted by Gasteiger charge is -2.36. The van der Waals surface area contributed by atoms with Crippen LogP contribution < -0.4 is 5.43 Å². The van der Waals surface area contributed by atoms with Crippen LogP contribution >= 0.6 is 0 Å². The summed E-state index contributed by atoms with van der Waals surface area (Å²) in [5.41, 5.74) is 3.24. The minimum atomic E-state index is 0.788. The third-order valence-electron chi connectivity index (χ3n) is 3.53. The summed E-state index contributed by atoms with van der Waals surface area (Å²) in [6, 6.07) is 0.788. The molecule has 0 aromatic carbocycles. The molecule has 0 amide bonds. The van der Waals surface area contributed by atoms with Crippen molar-refractivity contribution in [1.82, 2.24) is 20.2 Å². The summed E-state index contributed by atoms with van der Waals surface area (Å²) in [6.07, 6.45) is 1.32. The first-order valence-electron chi connectivity index (χ1n) is 5.64. The zero-order valence-electron chi connectivity index (χ0n) is 9.37. The summed E-state index contributed by atoms with van der Waals surface area (Å²) in [5.74, 6) is 0. The Morgan fingerprint density at radius 3 is 2.36 bits per heavy atom. The molecule has 1 atom stereocenters. The predicted octanol–water partition coefficient (Wildman–Crippen LogP) is -0.557. The Hall–Kier alpha value is -0.160. The van der Waals surface area contributed by atoms with Gasteiger partial charge in [0.1, 0.15) is 0 Å². The van der Waals surface area contributed by atoms with Crippen molar-refractivity contribution in [2.45, 2.75) is 12.5 Å². The zero-order chi connectivity index (χ0) is 9.97. The van der Waals surface area contributed by atoms with E-state index >= 15 is 0 Å². The lowest BCUT2D eigenvalue weighted by molar-refractivity contribution is 0.109. The summed E-state index contributed by atoms with van der Waals surface area (Å²) in [6.45, 7) is 7.36. The molecule has 14 heavy (non-hydrogen) atoms. The Kier molecular flexibility index (Phi) is 3.38. The topological polar surface area (TPSA) is 21.8 Å². The van der Waals surface area contributed by atoms with Crippen LogP contribution in [0.5, 0.6) is 0 Å². The molecule has 0 saturated carbocycles. The summed E-state index contributed by atoms with van der Waals surface area (Å²) in [7, 11) is 4.23.